The Labute approximate surface area is 186 Å². The van der Waals surface area contributed by atoms with Crippen LogP contribution in [-0.2, 0) is 9.13 Å². The van der Waals surface area contributed by atoms with Gasteiger partial charge in [-0.05, 0) is 19.3 Å². The molecule has 0 saturated heterocycles. The highest BCUT2D eigenvalue weighted by molar-refractivity contribution is 7.63. The molecule has 0 aliphatic heterocycles. The highest BCUT2D eigenvalue weighted by Crippen LogP contribution is 2.48. The number of unbranched alkanes of at least 4 members (excludes halogenated alkanes) is 15. The maximum atomic E-state index is 13.5. The molecule has 0 aliphatic rings. The molecule has 1 N–H and O–H groups in total. The van der Waals surface area contributed by atoms with Crippen LogP contribution in [0, 0.1) is 0 Å². The van der Waals surface area contributed by atoms with Crippen molar-refractivity contribution in [2.75, 3.05) is 18.5 Å². The maximum Gasteiger partial charge on any atom is 0.324 e. The van der Waals surface area contributed by atoms with Crippen LogP contribution in [0.15, 0.2) is 0 Å². The van der Waals surface area contributed by atoms with E-state index in [2.05, 4.69) is 25.7 Å². The maximum absolute atomic E-state index is 13.5. The molecular weight excluding hydrogens is 398 g/mol. The lowest BCUT2D eigenvalue weighted by Gasteiger charge is -2.18. The number of hydrogen-bond acceptors (Lipinski definition) is 3. The van der Waals surface area contributed by atoms with Crippen molar-refractivity contribution < 1.29 is 14.0 Å². The molecule has 0 aromatic heterocycles. The average Bonchev–Trinajstić information content (AvgIpc) is 2.76. The molecule has 29 heavy (non-hydrogen) atoms. The van der Waals surface area contributed by atoms with Gasteiger partial charge in [0.15, 0.2) is 0 Å². The molecule has 176 valence electrons. The van der Waals surface area contributed by atoms with Gasteiger partial charge in [-0.1, -0.05) is 117 Å². The van der Waals surface area contributed by atoms with E-state index < -0.39 is 15.8 Å². The van der Waals surface area contributed by atoms with Crippen LogP contribution in [0.1, 0.15) is 136 Å². The molecule has 0 fully saturated rings. The van der Waals surface area contributed by atoms with E-state index in [-0.39, 0.29) is 0 Å². The van der Waals surface area contributed by atoms with Gasteiger partial charge in [0.2, 0.25) is 1.43 Å². The van der Waals surface area contributed by atoms with Gasteiger partial charge in [-0.25, -0.2) is 4.57 Å². The summed E-state index contributed by atoms with van der Waals surface area (Å²) in [5.74, 6) is 0. The Kier molecular flexibility index (Phi) is 26.6. The SMILES string of the molecule is CCCCCCCCP(=O)(CCCCCCCC)CCCCCCCC.[3H]OP=O. The first-order valence-corrected chi connectivity index (χ1v) is 15.6. The third-order valence-electron chi connectivity index (χ3n) is 5.76. The molecule has 0 heterocycles. The smallest absolute Gasteiger partial charge is 0.324 e. The predicted octanol–water partition coefficient (Wildman–Crippen LogP) is 9.62. The number of hydrogen-bond donors (Lipinski definition) is 1. The first-order chi connectivity index (χ1) is 14.6. The van der Waals surface area contributed by atoms with Crippen LogP contribution in [0.25, 0.3) is 0 Å². The molecule has 0 amide bonds. The minimum absolute atomic E-state index is 0.585. The molecule has 0 saturated carbocycles. The monoisotopic (exact) mass is 452 g/mol. The second kappa shape index (κ2) is 26.3. The molecule has 0 aromatic rings. The summed E-state index contributed by atoms with van der Waals surface area (Å²) in [6, 6.07) is 0. The van der Waals surface area contributed by atoms with Crippen molar-refractivity contribution in [2.45, 2.75) is 136 Å². The summed E-state index contributed by atoms with van der Waals surface area (Å²) in [4.78, 5) is 3.21. The van der Waals surface area contributed by atoms with Gasteiger partial charge in [0.05, 0.1) is 7.14 Å². The first-order valence-electron chi connectivity index (χ1n) is 13.0. The van der Waals surface area contributed by atoms with Crippen molar-refractivity contribution in [3.05, 3.63) is 0 Å². The molecular formula is C24H52O3P2. The average molecular weight is 453 g/mol. The highest BCUT2D eigenvalue weighted by atomic mass is 31.2. The Hall–Kier alpha value is 0.290. The van der Waals surface area contributed by atoms with Crippen LogP contribution in [0.4, 0.5) is 0 Å². The second-order valence-electron chi connectivity index (χ2n) is 8.61. The van der Waals surface area contributed by atoms with Gasteiger partial charge in [0, 0.05) is 18.5 Å². The van der Waals surface area contributed by atoms with Crippen LogP contribution >= 0.6 is 15.8 Å². The Balaban J connectivity index is 0. The third kappa shape index (κ3) is 26.3. The van der Waals surface area contributed by atoms with E-state index in [1.165, 1.54) is 116 Å². The van der Waals surface area contributed by atoms with Crippen LogP contribution in [0.2, 0.25) is 0 Å². The van der Waals surface area contributed by atoms with Gasteiger partial charge in [-0.15, -0.1) is 0 Å². The summed E-state index contributed by atoms with van der Waals surface area (Å²) in [7, 11) is -2.47. The fourth-order valence-corrected chi connectivity index (χ4v) is 6.95. The quantitative estimate of drug-likeness (QED) is 0.131. The zero-order chi connectivity index (χ0) is 22.8. The second-order valence-corrected chi connectivity index (χ2v) is 12.2. The van der Waals surface area contributed by atoms with E-state index in [9.17, 15) is 4.57 Å². The normalized spacial score (nSPS) is 11.9. The molecule has 0 bridgehead atoms. The van der Waals surface area contributed by atoms with Crippen molar-refractivity contribution in [1.29, 1.82) is 1.43 Å². The molecule has 3 nitrogen and oxygen atoms in total. The summed E-state index contributed by atoms with van der Waals surface area (Å²) in [5, 5.41) is 0. The summed E-state index contributed by atoms with van der Waals surface area (Å²) >= 11 is 0. The molecule has 0 radical (unpaired) electrons. The van der Waals surface area contributed by atoms with Crippen LogP contribution in [0.3, 0.4) is 0 Å². The summed E-state index contributed by atoms with van der Waals surface area (Å²) in [6.07, 6.45) is 26.9. The van der Waals surface area contributed by atoms with Crippen LogP contribution in [0.5, 0.6) is 0 Å². The van der Waals surface area contributed by atoms with Crippen LogP contribution < -0.4 is 0 Å². The molecule has 0 spiro atoms. The van der Waals surface area contributed by atoms with Crippen molar-refractivity contribution in [2.24, 2.45) is 0 Å². The molecule has 5 heteroatoms. The van der Waals surface area contributed by atoms with E-state index in [0.717, 1.165) is 18.5 Å². The van der Waals surface area contributed by atoms with E-state index >= 15 is 0 Å². The van der Waals surface area contributed by atoms with Gasteiger partial charge < -0.3 is 9.46 Å². The highest BCUT2D eigenvalue weighted by Gasteiger charge is 2.20. The van der Waals surface area contributed by atoms with Crippen molar-refractivity contribution in [3.63, 3.8) is 0 Å². The minimum Gasteiger partial charge on any atom is -0.324 e. The predicted molar refractivity (Wildman–Crippen MR) is 132 cm³/mol. The van der Waals surface area contributed by atoms with Gasteiger partial charge in [0.1, 0.15) is 0 Å². The molecule has 0 aliphatic carbocycles. The summed E-state index contributed by atoms with van der Waals surface area (Å²) < 4.78 is 28.0. The fourth-order valence-electron chi connectivity index (χ4n) is 3.88. The zero-order valence-electron chi connectivity index (χ0n) is 21.0. The van der Waals surface area contributed by atoms with Crippen molar-refractivity contribution in [1.82, 2.24) is 0 Å². The Morgan fingerprint density at radius 3 is 1.07 bits per heavy atom. The lowest BCUT2D eigenvalue weighted by molar-refractivity contribution is 0.524. The molecule has 0 aromatic carbocycles. The first kappa shape index (κ1) is 29.3. The van der Waals surface area contributed by atoms with E-state index in [4.69, 9.17) is 6.00 Å². The van der Waals surface area contributed by atoms with Crippen molar-refractivity contribution >= 4 is 15.8 Å². The van der Waals surface area contributed by atoms with E-state index in [1.54, 1.807) is 0 Å². The number of rotatable bonds is 22. The Morgan fingerprint density at radius 1 is 0.586 bits per heavy atom. The van der Waals surface area contributed by atoms with Gasteiger partial charge in [0.25, 0.3) is 0 Å². The molecule has 0 atom stereocenters. The third-order valence-corrected chi connectivity index (χ3v) is 9.15. The lowest BCUT2D eigenvalue weighted by atomic mass is 10.1. The van der Waals surface area contributed by atoms with Crippen LogP contribution in [-0.4, -0.2) is 24.8 Å². The Bertz CT molecular complexity index is 334. The fraction of sp³-hybridized carbons (Fsp3) is 1.00. The summed E-state index contributed by atoms with van der Waals surface area (Å²) in [5.41, 5.74) is 0. The molecule has 0 rings (SSSR count). The summed E-state index contributed by atoms with van der Waals surface area (Å²) in [6.45, 7) is 6.82. The van der Waals surface area contributed by atoms with E-state index in [1.807, 2.05) is 0 Å². The zero-order valence-corrected chi connectivity index (χ0v) is 21.8. The Morgan fingerprint density at radius 2 is 0.828 bits per heavy atom. The minimum atomic E-state index is -1.89. The lowest BCUT2D eigenvalue weighted by Crippen LogP contribution is -2.02. The van der Waals surface area contributed by atoms with Crippen molar-refractivity contribution in [3.8, 4) is 0 Å². The largest absolute Gasteiger partial charge is 0.324 e. The van der Waals surface area contributed by atoms with Gasteiger partial charge in [-0.3, -0.25) is 0 Å². The van der Waals surface area contributed by atoms with Gasteiger partial charge in [-0.2, -0.15) is 0 Å². The topological polar surface area (TPSA) is 54.4 Å². The van der Waals surface area contributed by atoms with E-state index in [0.29, 0.717) is 0 Å². The molecule has 0 unspecified atom stereocenters. The standard InChI is InChI=1S/C24H51OP.HO2P/c1-4-7-10-13-16-19-22-26(25,23-20-17-14-11-8-5-2)24-21-18-15-12-9-6-3;1-3-2/h4-24H2,1-3H3;(H,1,2)/i/hT. The van der Waals surface area contributed by atoms with Gasteiger partial charge >= 0.3 is 8.69 Å².